The Hall–Kier alpha value is -0.590. The van der Waals surface area contributed by atoms with Gasteiger partial charge in [-0.25, -0.2) is 4.79 Å². The zero-order valence-corrected chi connectivity index (χ0v) is 13.4. The molecule has 1 aliphatic heterocycles. The molecule has 0 aromatic carbocycles. The maximum atomic E-state index is 11.6. The molecule has 0 radical (unpaired) electrons. The van der Waals surface area contributed by atoms with Gasteiger partial charge in [0.15, 0.2) is 0 Å². The zero-order valence-electron chi connectivity index (χ0n) is 11.0. The number of thiophene rings is 1. The minimum atomic E-state index is -0.178. The van der Waals surface area contributed by atoms with Crippen LogP contribution in [-0.4, -0.2) is 36.7 Å². The summed E-state index contributed by atoms with van der Waals surface area (Å²) in [6.45, 7) is 4.75. The first-order chi connectivity index (χ1) is 9.19. The molecule has 0 saturated carbocycles. The van der Waals surface area contributed by atoms with E-state index >= 15 is 0 Å². The molecule has 19 heavy (non-hydrogen) atoms. The van der Waals surface area contributed by atoms with Crippen molar-refractivity contribution < 1.29 is 9.53 Å². The Bertz CT molecular complexity index is 417. The molecule has 2 heterocycles. The minimum Gasteiger partial charge on any atom is -0.450 e. The van der Waals surface area contributed by atoms with Crippen LogP contribution in [0.5, 0.6) is 0 Å². The largest absolute Gasteiger partial charge is 0.450 e. The molecule has 1 fully saturated rings. The summed E-state index contributed by atoms with van der Waals surface area (Å²) in [6.07, 6.45) is 1.80. The molecule has 6 heteroatoms. The van der Waals surface area contributed by atoms with Crippen LogP contribution in [0.25, 0.3) is 0 Å². The molecule has 1 aromatic heterocycles. The van der Waals surface area contributed by atoms with Crippen LogP contribution in [0.15, 0.2) is 15.2 Å². The lowest BCUT2D eigenvalue weighted by Crippen LogP contribution is -2.44. The van der Waals surface area contributed by atoms with Crippen molar-refractivity contribution in [2.75, 3.05) is 19.7 Å². The first-order valence-corrected chi connectivity index (χ1v) is 8.24. The standard InChI is InChI=1S/C13H19BrN2O2S/c1-2-18-13(17)16-5-3-11(4-6-16)15-8-10-7-12(14)19-9-10/h7,9,11,15H,2-6,8H2,1H3. The predicted octanol–water partition coefficient (Wildman–Crippen LogP) is 3.22. The summed E-state index contributed by atoms with van der Waals surface area (Å²) in [7, 11) is 0. The van der Waals surface area contributed by atoms with Crippen LogP contribution in [0.1, 0.15) is 25.3 Å². The van der Waals surface area contributed by atoms with E-state index in [4.69, 9.17) is 4.74 Å². The van der Waals surface area contributed by atoms with Gasteiger partial charge < -0.3 is 15.0 Å². The van der Waals surface area contributed by atoms with Crippen LogP contribution in [0, 0.1) is 0 Å². The summed E-state index contributed by atoms with van der Waals surface area (Å²) >= 11 is 5.18. The maximum absolute atomic E-state index is 11.6. The molecule has 106 valence electrons. The predicted molar refractivity (Wildman–Crippen MR) is 80.5 cm³/mol. The van der Waals surface area contributed by atoms with Crippen LogP contribution in [0.3, 0.4) is 0 Å². The molecule has 0 atom stereocenters. The molecule has 0 bridgehead atoms. The summed E-state index contributed by atoms with van der Waals surface area (Å²) in [6, 6.07) is 2.63. The van der Waals surface area contributed by atoms with E-state index in [1.54, 1.807) is 16.2 Å². The van der Waals surface area contributed by atoms with Gasteiger partial charge >= 0.3 is 6.09 Å². The fourth-order valence-electron chi connectivity index (χ4n) is 2.18. The minimum absolute atomic E-state index is 0.178. The molecule has 1 N–H and O–H groups in total. The number of amides is 1. The van der Waals surface area contributed by atoms with Gasteiger partial charge in [0.05, 0.1) is 10.4 Å². The molecule has 1 saturated heterocycles. The van der Waals surface area contributed by atoms with E-state index in [2.05, 4.69) is 32.7 Å². The number of ether oxygens (including phenoxy) is 1. The first-order valence-electron chi connectivity index (χ1n) is 6.57. The molecule has 4 nitrogen and oxygen atoms in total. The van der Waals surface area contributed by atoms with Crippen molar-refractivity contribution in [3.8, 4) is 0 Å². The maximum Gasteiger partial charge on any atom is 0.409 e. The van der Waals surface area contributed by atoms with Gasteiger partial charge in [-0.3, -0.25) is 0 Å². The van der Waals surface area contributed by atoms with Crippen molar-refractivity contribution >= 4 is 33.4 Å². The number of nitrogens with zero attached hydrogens (tertiary/aromatic N) is 1. The lowest BCUT2D eigenvalue weighted by molar-refractivity contribution is 0.0950. The second-order valence-electron chi connectivity index (χ2n) is 4.60. The third-order valence-corrected chi connectivity index (χ3v) is 4.79. The molecular weight excluding hydrogens is 328 g/mol. The van der Waals surface area contributed by atoms with Gasteiger partial charge in [-0.2, -0.15) is 0 Å². The van der Waals surface area contributed by atoms with Crippen molar-refractivity contribution in [3.63, 3.8) is 0 Å². The van der Waals surface area contributed by atoms with E-state index in [1.165, 1.54) is 9.35 Å². The number of carbonyl (C=O) groups is 1. The summed E-state index contributed by atoms with van der Waals surface area (Å²) in [5, 5.41) is 5.71. The van der Waals surface area contributed by atoms with Crippen LogP contribution in [0.4, 0.5) is 4.79 Å². The molecular formula is C13H19BrN2O2S. The van der Waals surface area contributed by atoms with Crippen molar-refractivity contribution in [1.82, 2.24) is 10.2 Å². The molecule has 0 spiro atoms. The number of hydrogen-bond donors (Lipinski definition) is 1. The smallest absolute Gasteiger partial charge is 0.409 e. The van der Waals surface area contributed by atoms with Gasteiger partial charge in [-0.15, -0.1) is 11.3 Å². The van der Waals surface area contributed by atoms with Gasteiger partial charge in [0.2, 0.25) is 0 Å². The normalized spacial score (nSPS) is 16.6. The number of likely N-dealkylation sites (tertiary alicyclic amines) is 1. The summed E-state index contributed by atoms with van der Waals surface area (Å²) in [4.78, 5) is 13.4. The van der Waals surface area contributed by atoms with E-state index in [1.807, 2.05) is 6.92 Å². The fourth-order valence-corrected chi connectivity index (χ4v) is 3.39. The van der Waals surface area contributed by atoms with Crippen LogP contribution in [-0.2, 0) is 11.3 Å². The Morgan fingerprint density at radius 3 is 2.89 bits per heavy atom. The Morgan fingerprint density at radius 1 is 1.58 bits per heavy atom. The quantitative estimate of drug-likeness (QED) is 0.909. The van der Waals surface area contributed by atoms with Gasteiger partial charge in [-0.05, 0) is 52.7 Å². The lowest BCUT2D eigenvalue weighted by Gasteiger charge is -2.31. The SMILES string of the molecule is CCOC(=O)N1CCC(NCc2csc(Br)c2)CC1. The lowest BCUT2D eigenvalue weighted by atomic mass is 10.1. The highest BCUT2D eigenvalue weighted by atomic mass is 79.9. The Balaban J connectivity index is 1.70. The Labute approximate surface area is 126 Å². The Morgan fingerprint density at radius 2 is 2.32 bits per heavy atom. The summed E-state index contributed by atoms with van der Waals surface area (Å²) in [5.74, 6) is 0. The van der Waals surface area contributed by atoms with E-state index in [9.17, 15) is 4.79 Å². The summed E-state index contributed by atoms with van der Waals surface area (Å²) in [5.41, 5.74) is 1.31. The zero-order chi connectivity index (χ0) is 13.7. The average Bonchev–Trinajstić information content (AvgIpc) is 2.83. The van der Waals surface area contributed by atoms with Gasteiger partial charge in [0, 0.05) is 25.7 Å². The van der Waals surface area contributed by atoms with E-state index < -0.39 is 0 Å². The van der Waals surface area contributed by atoms with Gasteiger partial charge in [-0.1, -0.05) is 0 Å². The number of rotatable bonds is 4. The number of nitrogens with one attached hydrogen (secondary N) is 1. The molecule has 0 aliphatic carbocycles. The first kappa shape index (κ1) is 14.8. The second kappa shape index (κ2) is 7.26. The van der Waals surface area contributed by atoms with Crippen molar-refractivity contribution in [1.29, 1.82) is 0 Å². The number of halogens is 1. The monoisotopic (exact) mass is 346 g/mol. The van der Waals surface area contributed by atoms with E-state index in [-0.39, 0.29) is 6.09 Å². The van der Waals surface area contributed by atoms with E-state index in [0.717, 1.165) is 32.5 Å². The number of carbonyl (C=O) groups excluding carboxylic acids is 1. The molecule has 0 unspecified atom stereocenters. The second-order valence-corrected chi connectivity index (χ2v) is 6.89. The van der Waals surface area contributed by atoms with E-state index in [0.29, 0.717) is 12.6 Å². The van der Waals surface area contributed by atoms with Crippen LogP contribution in [0.2, 0.25) is 0 Å². The number of piperidine rings is 1. The number of hydrogen-bond acceptors (Lipinski definition) is 4. The highest BCUT2D eigenvalue weighted by Gasteiger charge is 2.23. The highest BCUT2D eigenvalue weighted by Crippen LogP contribution is 2.21. The van der Waals surface area contributed by atoms with Gasteiger partial charge in [0.25, 0.3) is 0 Å². The van der Waals surface area contributed by atoms with Crippen molar-refractivity contribution in [2.24, 2.45) is 0 Å². The third-order valence-electron chi connectivity index (χ3n) is 3.24. The fraction of sp³-hybridized carbons (Fsp3) is 0.615. The third kappa shape index (κ3) is 4.47. The molecule has 1 aromatic rings. The van der Waals surface area contributed by atoms with Gasteiger partial charge in [0.1, 0.15) is 0 Å². The van der Waals surface area contributed by atoms with Crippen LogP contribution < -0.4 is 5.32 Å². The molecule has 1 aliphatic rings. The molecule has 1 amide bonds. The molecule has 2 rings (SSSR count). The van der Waals surface area contributed by atoms with Crippen molar-refractivity contribution in [3.05, 3.63) is 20.8 Å². The highest BCUT2D eigenvalue weighted by molar-refractivity contribution is 9.11. The van der Waals surface area contributed by atoms with Crippen molar-refractivity contribution in [2.45, 2.75) is 32.4 Å². The Kier molecular flexibility index (Phi) is 5.66. The summed E-state index contributed by atoms with van der Waals surface area (Å²) < 4.78 is 6.18. The van der Waals surface area contributed by atoms with Crippen LogP contribution >= 0.6 is 27.3 Å². The average molecular weight is 347 g/mol. The topological polar surface area (TPSA) is 41.6 Å².